The fraction of sp³-hybridized carbons (Fsp3) is 0.294. The Labute approximate surface area is 139 Å². The molecule has 0 radical (unpaired) electrons. The van der Waals surface area contributed by atoms with Gasteiger partial charge in [0.2, 0.25) is 0 Å². The van der Waals surface area contributed by atoms with Gasteiger partial charge >= 0.3 is 0 Å². The Morgan fingerprint density at radius 2 is 1.91 bits per heavy atom. The summed E-state index contributed by atoms with van der Waals surface area (Å²) in [7, 11) is 1.64. The average Bonchev–Trinajstić information content (AvgIpc) is 3.04. The highest BCUT2D eigenvalue weighted by molar-refractivity contribution is 6.33. The molecule has 1 amide bonds. The smallest absolute Gasteiger partial charge is 0.255 e. The topological polar surface area (TPSA) is 54.3 Å². The van der Waals surface area contributed by atoms with Crippen LogP contribution in [0.5, 0.6) is 0 Å². The zero-order chi connectivity index (χ0) is 16.4. The number of carbonyl (C=O) groups excluding carboxylic acids is 1. The first-order valence-corrected chi connectivity index (χ1v) is 7.95. The van der Waals surface area contributed by atoms with Gasteiger partial charge < -0.3 is 14.8 Å². The molecule has 5 nitrogen and oxygen atoms in total. The van der Waals surface area contributed by atoms with Crippen molar-refractivity contribution in [2.45, 2.75) is 12.8 Å². The second-order valence-electron chi connectivity index (χ2n) is 5.68. The highest BCUT2D eigenvalue weighted by atomic mass is 35.5. The van der Waals surface area contributed by atoms with Crippen molar-refractivity contribution < 1.29 is 4.79 Å². The summed E-state index contributed by atoms with van der Waals surface area (Å²) in [5.74, 6) is -0.326. The highest BCUT2D eigenvalue weighted by Crippen LogP contribution is 2.31. The zero-order valence-corrected chi connectivity index (χ0v) is 13.6. The highest BCUT2D eigenvalue weighted by Gasteiger charge is 2.16. The van der Waals surface area contributed by atoms with Gasteiger partial charge in [-0.15, -0.1) is 0 Å². The molecule has 2 heterocycles. The third kappa shape index (κ3) is 3.40. The van der Waals surface area contributed by atoms with E-state index in [9.17, 15) is 9.59 Å². The number of nitrogens with zero attached hydrogens (tertiary/aromatic N) is 2. The van der Waals surface area contributed by atoms with Gasteiger partial charge in [-0.05, 0) is 37.1 Å². The molecule has 1 fully saturated rings. The number of pyridine rings is 1. The van der Waals surface area contributed by atoms with Crippen LogP contribution < -0.4 is 15.8 Å². The summed E-state index contributed by atoms with van der Waals surface area (Å²) in [6, 6.07) is 8.42. The molecule has 0 atom stereocenters. The summed E-state index contributed by atoms with van der Waals surface area (Å²) >= 11 is 6.34. The zero-order valence-electron chi connectivity index (χ0n) is 12.9. The van der Waals surface area contributed by atoms with Gasteiger partial charge in [-0.1, -0.05) is 11.6 Å². The van der Waals surface area contributed by atoms with Crippen LogP contribution in [-0.4, -0.2) is 23.6 Å². The maximum absolute atomic E-state index is 12.2. The number of aromatic nitrogens is 1. The van der Waals surface area contributed by atoms with E-state index < -0.39 is 0 Å². The van der Waals surface area contributed by atoms with E-state index in [1.807, 2.05) is 12.1 Å². The predicted octanol–water partition coefficient (Wildman–Crippen LogP) is 2.89. The maximum atomic E-state index is 12.2. The van der Waals surface area contributed by atoms with E-state index in [-0.39, 0.29) is 11.5 Å². The van der Waals surface area contributed by atoms with E-state index in [0.29, 0.717) is 16.3 Å². The molecule has 0 unspecified atom stereocenters. The molecule has 3 rings (SSSR count). The average molecular weight is 332 g/mol. The molecule has 0 bridgehead atoms. The lowest BCUT2D eigenvalue weighted by molar-refractivity contribution is 0.102. The third-order valence-electron chi connectivity index (χ3n) is 4.02. The number of carbonyl (C=O) groups is 1. The normalized spacial score (nSPS) is 14.1. The summed E-state index contributed by atoms with van der Waals surface area (Å²) in [6.45, 7) is 2.03. The first kappa shape index (κ1) is 15.6. The van der Waals surface area contributed by atoms with E-state index in [4.69, 9.17) is 11.6 Å². The number of halogens is 1. The maximum Gasteiger partial charge on any atom is 0.255 e. The van der Waals surface area contributed by atoms with Crippen LogP contribution in [0.15, 0.2) is 41.3 Å². The Kier molecular flexibility index (Phi) is 4.39. The van der Waals surface area contributed by atoms with Crippen molar-refractivity contribution in [2.24, 2.45) is 7.05 Å². The fourth-order valence-corrected chi connectivity index (χ4v) is 2.99. The Hall–Kier alpha value is -2.27. The van der Waals surface area contributed by atoms with Gasteiger partial charge in [0, 0.05) is 43.7 Å². The van der Waals surface area contributed by atoms with Crippen molar-refractivity contribution in [3.05, 3.63) is 57.5 Å². The summed E-state index contributed by atoms with van der Waals surface area (Å²) in [4.78, 5) is 26.1. The number of nitrogens with one attached hydrogen (secondary N) is 1. The largest absolute Gasteiger partial charge is 0.370 e. The van der Waals surface area contributed by atoms with Gasteiger partial charge in [0.25, 0.3) is 11.5 Å². The molecule has 23 heavy (non-hydrogen) atoms. The van der Waals surface area contributed by atoms with Crippen molar-refractivity contribution in [1.82, 2.24) is 4.57 Å². The van der Waals surface area contributed by atoms with Crippen LogP contribution in [0.1, 0.15) is 23.2 Å². The fourth-order valence-electron chi connectivity index (χ4n) is 2.69. The molecular weight excluding hydrogens is 314 g/mol. The minimum absolute atomic E-state index is 0.222. The number of benzene rings is 1. The third-order valence-corrected chi connectivity index (χ3v) is 4.32. The van der Waals surface area contributed by atoms with E-state index in [0.717, 1.165) is 18.8 Å². The van der Waals surface area contributed by atoms with Gasteiger partial charge in [0.15, 0.2) is 0 Å². The standard InChI is InChI=1S/C17H18ClN3O2/c1-20-9-6-12(10-16(20)22)17(23)19-13-4-5-15(14(18)11-13)21-7-2-3-8-21/h4-6,9-11H,2-3,7-8H2,1H3,(H,19,23). The molecule has 2 aromatic rings. The Morgan fingerprint density at radius 3 is 2.57 bits per heavy atom. The van der Waals surface area contributed by atoms with Crippen LogP contribution in [0.4, 0.5) is 11.4 Å². The molecule has 1 N–H and O–H groups in total. The molecule has 1 saturated heterocycles. The molecule has 0 saturated carbocycles. The molecule has 1 aliphatic rings. The van der Waals surface area contributed by atoms with Crippen molar-refractivity contribution in [2.75, 3.05) is 23.3 Å². The quantitative estimate of drug-likeness (QED) is 0.941. The van der Waals surface area contributed by atoms with Gasteiger partial charge in [-0.2, -0.15) is 0 Å². The molecule has 6 heteroatoms. The van der Waals surface area contributed by atoms with Crippen LogP contribution in [0.3, 0.4) is 0 Å². The number of amides is 1. The summed E-state index contributed by atoms with van der Waals surface area (Å²) in [6.07, 6.45) is 3.93. The van der Waals surface area contributed by atoms with Crippen LogP contribution in [0.2, 0.25) is 5.02 Å². The summed E-state index contributed by atoms with van der Waals surface area (Å²) < 4.78 is 1.42. The monoisotopic (exact) mass is 331 g/mol. The van der Waals surface area contributed by atoms with Crippen LogP contribution in [-0.2, 0) is 7.05 Å². The second kappa shape index (κ2) is 6.46. The molecule has 1 aromatic carbocycles. The van der Waals surface area contributed by atoms with E-state index >= 15 is 0 Å². The second-order valence-corrected chi connectivity index (χ2v) is 6.09. The molecule has 0 spiro atoms. The van der Waals surface area contributed by atoms with Gasteiger partial charge in [0.05, 0.1) is 10.7 Å². The van der Waals surface area contributed by atoms with Crippen molar-refractivity contribution in [3.8, 4) is 0 Å². The molecule has 120 valence electrons. The van der Waals surface area contributed by atoms with E-state index in [1.165, 1.54) is 23.5 Å². The number of rotatable bonds is 3. The molecule has 1 aromatic heterocycles. The SMILES string of the molecule is Cn1ccc(C(=O)Nc2ccc(N3CCCC3)c(Cl)c2)cc1=O. The van der Waals surface area contributed by atoms with Crippen LogP contribution in [0.25, 0.3) is 0 Å². The first-order valence-electron chi connectivity index (χ1n) is 7.57. The van der Waals surface area contributed by atoms with Crippen molar-refractivity contribution in [1.29, 1.82) is 0 Å². The lowest BCUT2D eigenvalue weighted by Crippen LogP contribution is -2.20. The van der Waals surface area contributed by atoms with Gasteiger partial charge in [-0.25, -0.2) is 0 Å². The minimum Gasteiger partial charge on any atom is -0.370 e. The van der Waals surface area contributed by atoms with Crippen LogP contribution in [0, 0.1) is 0 Å². The number of hydrogen-bond acceptors (Lipinski definition) is 3. The van der Waals surface area contributed by atoms with E-state index in [1.54, 1.807) is 25.4 Å². The Balaban J connectivity index is 1.77. The predicted molar refractivity (Wildman–Crippen MR) is 92.5 cm³/mol. The summed E-state index contributed by atoms with van der Waals surface area (Å²) in [5.41, 5.74) is 1.72. The van der Waals surface area contributed by atoms with Crippen LogP contribution >= 0.6 is 11.6 Å². The van der Waals surface area contributed by atoms with E-state index in [2.05, 4.69) is 10.2 Å². The number of hydrogen-bond donors (Lipinski definition) is 1. The Morgan fingerprint density at radius 1 is 1.17 bits per heavy atom. The minimum atomic E-state index is -0.326. The molecule has 1 aliphatic heterocycles. The Bertz CT molecular complexity index is 795. The lowest BCUT2D eigenvalue weighted by Gasteiger charge is -2.19. The lowest BCUT2D eigenvalue weighted by atomic mass is 10.2. The van der Waals surface area contributed by atoms with Gasteiger partial charge in [-0.3, -0.25) is 9.59 Å². The first-order chi connectivity index (χ1) is 11.0. The van der Waals surface area contributed by atoms with Gasteiger partial charge in [0.1, 0.15) is 0 Å². The molecular formula is C17H18ClN3O2. The number of anilines is 2. The number of aryl methyl sites for hydroxylation is 1. The van der Waals surface area contributed by atoms with Crippen molar-refractivity contribution >= 4 is 28.9 Å². The molecule has 0 aliphatic carbocycles. The van der Waals surface area contributed by atoms with Crippen molar-refractivity contribution in [3.63, 3.8) is 0 Å². The summed E-state index contributed by atoms with van der Waals surface area (Å²) in [5, 5.41) is 3.39.